The molecule has 1 saturated heterocycles. The Labute approximate surface area is 103 Å². The Morgan fingerprint density at radius 2 is 2.29 bits per heavy atom. The zero-order valence-corrected chi connectivity index (χ0v) is 10.9. The van der Waals surface area contributed by atoms with Gasteiger partial charge in [-0.05, 0) is 12.8 Å². The lowest BCUT2D eigenvalue weighted by atomic mass is 9.81. The van der Waals surface area contributed by atoms with Gasteiger partial charge in [-0.2, -0.15) is 0 Å². The number of hydrogen-bond acceptors (Lipinski definition) is 2. The molecule has 1 aromatic rings. The van der Waals surface area contributed by atoms with Gasteiger partial charge in [-0.15, -0.1) is 0 Å². The van der Waals surface area contributed by atoms with E-state index in [-0.39, 0.29) is 5.91 Å². The van der Waals surface area contributed by atoms with E-state index in [1.165, 1.54) is 0 Å². The van der Waals surface area contributed by atoms with Crippen LogP contribution in [0.1, 0.15) is 33.1 Å². The summed E-state index contributed by atoms with van der Waals surface area (Å²) >= 11 is 0. The summed E-state index contributed by atoms with van der Waals surface area (Å²) in [4.78, 5) is 18.5. The molecule has 0 bridgehead atoms. The fraction of sp³-hybridized carbons (Fsp3) is 0.692. The maximum Gasteiger partial charge on any atom is 0.248 e. The summed E-state index contributed by atoms with van der Waals surface area (Å²) in [6.07, 6.45) is 8.49. The standard InChI is InChI=1S/C13H21N3O/c1-4-6-11-9-15(3)12(17)13(11,5-2)16-8-7-14-10-16/h7-8,10-11H,4-6,9H2,1-3H3. The smallest absolute Gasteiger partial charge is 0.248 e. The molecule has 94 valence electrons. The molecule has 0 N–H and O–H groups in total. The topological polar surface area (TPSA) is 38.1 Å². The van der Waals surface area contributed by atoms with Crippen LogP contribution < -0.4 is 0 Å². The molecule has 0 radical (unpaired) electrons. The number of nitrogens with zero attached hydrogens (tertiary/aromatic N) is 3. The van der Waals surface area contributed by atoms with E-state index >= 15 is 0 Å². The molecule has 1 aromatic heterocycles. The van der Waals surface area contributed by atoms with Crippen molar-refractivity contribution in [3.8, 4) is 0 Å². The molecule has 1 fully saturated rings. The van der Waals surface area contributed by atoms with Gasteiger partial charge in [0.1, 0.15) is 5.54 Å². The monoisotopic (exact) mass is 235 g/mol. The number of hydrogen-bond donors (Lipinski definition) is 0. The molecule has 2 heterocycles. The average molecular weight is 235 g/mol. The zero-order valence-electron chi connectivity index (χ0n) is 10.9. The van der Waals surface area contributed by atoms with E-state index in [0.29, 0.717) is 5.92 Å². The molecule has 4 nitrogen and oxygen atoms in total. The van der Waals surface area contributed by atoms with E-state index in [1.54, 1.807) is 12.5 Å². The lowest BCUT2D eigenvalue weighted by Gasteiger charge is -2.33. The van der Waals surface area contributed by atoms with Gasteiger partial charge in [-0.25, -0.2) is 4.98 Å². The molecule has 0 aliphatic carbocycles. The Bertz CT molecular complexity index is 387. The highest BCUT2D eigenvalue weighted by Gasteiger charge is 2.52. The number of carbonyl (C=O) groups excluding carboxylic acids is 1. The zero-order chi connectivity index (χ0) is 12.5. The number of imidazole rings is 1. The number of likely N-dealkylation sites (N-methyl/N-ethyl adjacent to an activating group) is 1. The molecule has 4 heteroatoms. The van der Waals surface area contributed by atoms with Crippen LogP contribution in [0.2, 0.25) is 0 Å². The van der Waals surface area contributed by atoms with Crippen LogP contribution in [0, 0.1) is 5.92 Å². The number of likely N-dealkylation sites (tertiary alicyclic amines) is 1. The van der Waals surface area contributed by atoms with Crippen molar-refractivity contribution in [2.75, 3.05) is 13.6 Å². The van der Waals surface area contributed by atoms with E-state index in [4.69, 9.17) is 0 Å². The average Bonchev–Trinajstić information content (AvgIpc) is 2.90. The van der Waals surface area contributed by atoms with Gasteiger partial charge >= 0.3 is 0 Å². The molecule has 0 saturated carbocycles. The third-order valence-corrected chi connectivity index (χ3v) is 4.03. The van der Waals surface area contributed by atoms with E-state index < -0.39 is 5.54 Å². The molecule has 1 aliphatic rings. The van der Waals surface area contributed by atoms with Crippen molar-refractivity contribution >= 4 is 5.91 Å². The fourth-order valence-electron chi connectivity index (χ4n) is 3.19. The Hall–Kier alpha value is -1.32. The Kier molecular flexibility index (Phi) is 3.22. The van der Waals surface area contributed by atoms with Gasteiger partial charge in [-0.3, -0.25) is 4.79 Å². The first kappa shape index (κ1) is 12.1. The van der Waals surface area contributed by atoms with Crippen molar-refractivity contribution in [3.63, 3.8) is 0 Å². The first-order valence-corrected chi connectivity index (χ1v) is 6.40. The van der Waals surface area contributed by atoms with Crippen LogP contribution in [0.5, 0.6) is 0 Å². The maximum absolute atomic E-state index is 12.5. The summed E-state index contributed by atoms with van der Waals surface area (Å²) in [6.45, 7) is 5.13. The number of aromatic nitrogens is 2. The summed E-state index contributed by atoms with van der Waals surface area (Å²) in [7, 11) is 1.90. The van der Waals surface area contributed by atoms with Crippen molar-refractivity contribution in [2.45, 2.75) is 38.6 Å². The van der Waals surface area contributed by atoms with Gasteiger partial charge in [0, 0.05) is 31.9 Å². The van der Waals surface area contributed by atoms with Crippen molar-refractivity contribution in [1.29, 1.82) is 0 Å². The Morgan fingerprint density at radius 1 is 1.53 bits per heavy atom. The predicted molar refractivity (Wildman–Crippen MR) is 66.5 cm³/mol. The molecule has 0 spiro atoms. The highest BCUT2D eigenvalue weighted by molar-refractivity contribution is 5.87. The van der Waals surface area contributed by atoms with Gasteiger partial charge < -0.3 is 9.47 Å². The highest BCUT2D eigenvalue weighted by atomic mass is 16.2. The summed E-state index contributed by atoms with van der Waals surface area (Å²) in [5, 5.41) is 0. The van der Waals surface area contributed by atoms with Gasteiger partial charge in [0.25, 0.3) is 0 Å². The second-order valence-electron chi connectivity index (χ2n) is 4.92. The van der Waals surface area contributed by atoms with Crippen LogP contribution in [0.25, 0.3) is 0 Å². The largest absolute Gasteiger partial charge is 0.343 e. The van der Waals surface area contributed by atoms with Gasteiger partial charge in [0.05, 0.1) is 6.33 Å². The summed E-state index contributed by atoms with van der Waals surface area (Å²) in [5.74, 6) is 0.626. The second kappa shape index (κ2) is 4.51. The van der Waals surface area contributed by atoms with Crippen LogP contribution >= 0.6 is 0 Å². The Balaban J connectivity index is 2.44. The molecule has 1 aliphatic heterocycles. The quantitative estimate of drug-likeness (QED) is 0.799. The first-order valence-electron chi connectivity index (χ1n) is 6.40. The third kappa shape index (κ3) is 1.66. The molecule has 1 amide bonds. The third-order valence-electron chi connectivity index (χ3n) is 4.03. The minimum absolute atomic E-state index is 0.233. The van der Waals surface area contributed by atoms with Crippen LogP contribution in [0.3, 0.4) is 0 Å². The molecular formula is C13H21N3O. The highest BCUT2D eigenvalue weighted by Crippen LogP contribution is 2.40. The van der Waals surface area contributed by atoms with E-state index in [0.717, 1.165) is 25.8 Å². The molecule has 2 atom stereocenters. The fourth-order valence-corrected chi connectivity index (χ4v) is 3.19. The predicted octanol–water partition coefficient (Wildman–Crippen LogP) is 1.88. The van der Waals surface area contributed by atoms with Gasteiger partial charge in [-0.1, -0.05) is 20.3 Å². The van der Waals surface area contributed by atoms with Crippen LogP contribution in [-0.4, -0.2) is 34.0 Å². The molecule has 2 rings (SSSR count). The van der Waals surface area contributed by atoms with Crippen molar-refractivity contribution in [3.05, 3.63) is 18.7 Å². The minimum atomic E-state index is -0.402. The van der Waals surface area contributed by atoms with E-state index in [1.807, 2.05) is 22.7 Å². The maximum atomic E-state index is 12.5. The molecule has 2 unspecified atom stereocenters. The van der Waals surface area contributed by atoms with Gasteiger partial charge in [0.15, 0.2) is 0 Å². The number of rotatable bonds is 4. The lowest BCUT2D eigenvalue weighted by Crippen LogP contribution is -2.44. The van der Waals surface area contributed by atoms with Gasteiger partial charge in [0.2, 0.25) is 5.91 Å². The summed E-state index contributed by atoms with van der Waals surface area (Å²) in [5.41, 5.74) is -0.402. The van der Waals surface area contributed by atoms with Crippen molar-refractivity contribution in [2.24, 2.45) is 5.92 Å². The van der Waals surface area contributed by atoms with Crippen LogP contribution in [0.15, 0.2) is 18.7 Å². The van der Waals surface area contributed by atoms with Crippen molar-refractivity contribution in [1.82, 2.24) is 14.5 Å². The first-order chi connectivity index (χ1) is 8.16. The lowest BCUT2D eigenvalue weighted by molar-refractivity contribution is -0.135. The number of carbonyl (C=O) groups is 1. The van der Waals surface area contributed by atoms with Crippen LogP contribution in [0.4, 0.5) is 0 Å². The molecule has 17 heavy (non-hydrogen) atoms. The van der Waals surface area contributed by atoms with Crippen LogP contribution in [-0.2, 0) is 10.3 Å². The van der Waals surface area contributed by atoms with E-state index in [9.17, 15) is 4.79 Å². The molecular weight excluding hydrogens is 214 g/mol. The van der Waals surface area contributed by atoms with E-state index in [2.05, 4.69) is 18.8 Å². The minimum Gasteiger partial charge on any atom is -0.343 e. The SMILES string of the molecule is CCCC1CN(C)C(=O)C1(CC)n1ccnc1. The summed E-state index contributed by atoms with van der Waals surface area (Å²) < 4.78 is 2.01. The van der Waals surface area contributed by atoms with Crippen molar-refractivity contribution < 1.29 is 4.79 Å². The molecule has 0 aromatic carbocycles. The number of amides is 1. The second-order valence-corrected chi connectivity index (χ2v) is 4.92. The normalized spacial score (nSPS) is 29.0. The summed E-state index contributed by atoms with van der Waals surface area (Å²) in [6, 6.07) is 0. The Morgan fingerprint density at radius 3 is 2.82 bits per heavy atom.